The Morgan fingerprint density at radius 2 is 2.04 bits per heavy atom. The molecule has 1 aromatic heterocycles. The number of thiophene rings is 1. The van der Waals surface area contributed by atoms with Crippen LogP contribution in [0.4, 0.5) is 13.8 Å². The molecule has 0 saturated heterocycles. The highest BCUT2D eigenvalue weighted by Crippen LogP contribution is 2.30. The van der Waals surface area contributed by atoms with Gasteiger partial charge in [-0.15, -0.1) is 11.3 Å². The summed E-state index contributed by atoms with van der Waals surface area (Å²) in [5.41, 5.74) is 6.28. The number of nitrogens with zero attached hydrogens (tertiary/aromatic N) is 1. The number of carbonyl (C=O) groups is 2. The second-order valence-corrected chi connectivity index (χ2v) is 6.76. The highest BCUT2D eigenvalue weighted by Gasteiger charge is 2.15. The lowest BCUT2D eigenvalue weighted by Gasteiger charge is -2.18. The van der Waals surface area contributed by atoms with Crippen LogP contribution in [0.2, 0.25) is 0 Å². The number of alkyl halides is 2. The quantitative estimate of drug-likeness (QED) is 0.625. The normalized spacial score (nSPS) is 10.9. The fraction of sp³-hybridized carbons (Fsp3) is 0.333. The van der Waals surface area contributed by atoms with Crippen molar-refractivity contribution in [2.75, 3.05) is 25.5 Å². The Balaban J connectivity index is 1.98. The molecule has 1 heterocycles. The number of amides is 2. The van der Waals surface area contributed by atoms with Crippen molar-refractivity contribution in [3.63, 3.8) is 0 Å². The van der Waals surface area contributed by atoms with E-state index in [4.69, 9.17) is 10.5 Å². The molecule has 7 nitrogen and oxygen atoms in total. The SMILES string of the molecule is CCOc1cc(CN(C)CC(=O)Nc2sccc2C(N)=O)ccc1OC(F)F. The lowest BCUT2D eigenvalue weighted by molar-refractivity contribution is -0.117. The van der Waals surface area contributed by atoms with E-state index in [1.54, 1.807) is 42.5 Å². The summed E-state index contributed by atoms with van der Waals surface area (Å²) < 4.78 is 34.7. The van der Waals surface area contributed by atoms with Crippen molar-refractivity contribution < 1.29 is 27.8 Å². The maximum absolute atomic E-state index is 12.5. The largest absolute Gasteiger partial charge is 0.490 e. The number of hydrogen-bond donors (Lipinski definition) is 2. The van der Waals surface area contributed by atoms with Crippen molar-refractivity contribution in [2.45, 2.75) is 20.1 Å². The predicted molar refractivity (Wildman–Crippen MR) is 102 cm³/mol. The maximum Gasteiger partial charge on any atom is 0.387 e. The van der Waals surface area contributed by atoms with Gasteiger partial charge in [0.15, 0.2) is 11.5 Å². The third-order valence-corrected chi connectivity index (χ3v) is 4.40. The van der Waals surface area contributed by atoms with Gasteiger partial charge in [0.1, 0.15) is 5.00 Å². The zero-order valence-corrected chi connectivity index (χ0v) is 16.2. The Hall–Kier alpha value is -2.72. The van der Waals surface area contributed by atoms with E-state index in [2.05, 4.69) is 10.1 Å². The summed E-state index contributed by atoms with van der Waals surface area (Å²) in [4.78, 5) is 25.2. The van der Waals surface area contributed by atoms with Gasteiger partial charge in [0, 0.05) is 6.54 Å². The number of rotatable bonds is 10. The van der Waals surface area contributed by atoms with Crippen LogP contribution in [-0.2, 0) is 11.3 Å². The van der Waals surface area contributed by atoms with E-state index in [9.17, 15) is 18.4 Å². The van der Waals surface area contributed by atoms with Crippen LogP contribution in [0.3, 0.4) is 0 Å². The molecule has 0 aliphatic rings. The molecule has 0 fully saturated rings. The molecule has 2 rings (SSSR count). The molecule has 1 aromatic carbocycles. The lowest BCUT2D eigenvalue weighted by Crippen LogP contribution is -2.30. The second-order valence-electron chi connectivity index (χ2n) is 5.84. The van der Waals surface area contributed by atoms with E-state index >= 15 is 0 Å². The summed E-state index contributed by atoms with van der Waals surface area (Å²) in [5.74, 6) is -0.755. The van der Waals surface area contributed by atoms with Crippen molar-refractivity contribution in [3.05, 3.63) is 40.8 Å². The predicted octanol–water partition coefficient (Wildman–Crippen LogP) is 2.92. The summed E-state index contributed by atoms with van der Waals surface area (Å²) in [7, 11) is 1.73. The molecule has 0 atom stereocenters. The Morgan fingerprint density at radius 1 is 1.29 bits per heavy atom. The van der Waals surface area contributed by atoms with E-state index in [0.29, 0.717) is 18.2 Å². The van der Waals surface area contributed by atoms with Crippen LogP contribution in [0.5, 0.6) is 11.5 Å². The minimum absolute atomic E-state index is 0.0438. The van der Waals surface area contributed by atoms with Gasteiger partial charge < -0.3 is 20.5 Å². The van der Waals surface area contributed by atoms with Gasteiger partial charge in [0.05, 0.1) is 18.7 Å². The first kappa shape index (κ1) is 21.6. The van der Waals surface area contributed by atoms with Gasteiger partial charge in [0.25, 0.3) is 5.91 Å². The number of nitrogens with two attached hydrogens (primary N) is 1. The average molecular weight is 413 g/mol. The summed E-state index contributed by atoms with van der Waals surface area (Å²) in [6.07, 6.45) is 0. The monoisotopic (exact) mass is 413 g/mol. The highest BCUT2D eigenvalue weighted by atomic mass is 32.1. The van der Waals surface area contributed by atoms with Crippen LogP contribution >= 0.6 is 11.3 Å². The third-order valence-electron chi connectivity index (χ3n) is 3.57. The van der Waals surface area contributed by atoms with Crippen LogP contribution in [0.25, 0.3) is 0 Å². The lowest BCUT2D eigenvalue weighted by atomic mass is 10.2. The van der Waals surface area contributed by atoms with Gasteiger partial charge >= 0.3 is 6.61 Å². The summed E-state index contributed by atoms with van der Waals surface area (Å²) in [6.45, 7) is -0.492. The minimum atomic E-state index is -2.95. The second kappa shape index (κ2) is 10.00. The molecule has 2 amide bonds. The zero-order valence-electron chi connectivity index (χ0n) is 15.4. The first-order valence-electron chi connectivity index (χ1n) is 8.36. The summed E-state index contributed by atoms with van der Waals surface area (Å²) in [5, 5.41) is 4.73. The fourth-order valence-electron chi connectivity index (χ4n) is 2.49. The molecular formula is C18H21F2N3O4S. The van der Waals surface area contributed by atoms with Crippen molar-refractivity contribution >= 4 is 28.2 Å². The molecule has 10 heteroatoms. The van der Waals surface area contributed by atoms with E-state index in [1.165, 1.54) is 17.4 Å². The molecule has 0 spiro atoms. The number of benzene rings is 1. The molecule has 0 aliphatic heterocycles. The van der Waals surface area contributed by atoms with Crippen molar-refractivity contribution in [3.8, 4) is 11.5 Å². The van der Waals surface area contributed by atoms with E-state index in [0.717, 1.165) is 5.56 Å². The van der Waals surface area contributed by atoms with Crippen LogP contribution in [-0.4, -0.2) is 43.5 Å². The molecule has 152 valence electrons. The Bertz CT molecular complexity index is 829. The number of halogens is 2. The Morgan fingerprint density at radius 3 is 2.68 bits per heavy atom. The van der Waals surface area contributed by atoms with Gasteiger partial charge in [-0.3, -0.25) is 14.5 Å². The molecule has 0 unspecified atom stereocenters. The molecule has 3 N–H and O–H groups in total. The Labute approximate surface area is 165 Å². The van der Waals surface area contributed by atoms with Crippen LogP contribution in [0.15, 0.2) is 29.6 Å². The number of nitrogens with one attached hydrogen (secondary N) is 1. The van der Waals surface area contributed by atoms with Crippen molar-refractivity contribution in [1.29, 1.82) is 0 Å². The van der Waals surface area contributed by atoms with E-state index < -0.39 is 12.5 Å². The molecule has 2 aromatic rings. The van der Waals surface area contributed by atoms with Crippen molar-refractivity contribution in [2.24, 2.45) is 5.73 Å². The van der Waals surface area contributed by atoms with Crippen LogP contribution in [0.1, 0.15) is 22.8 Å². The minimum Gasteiger partial charge on any atom is -0.490 e. The summed E-state index contributed by atoms with van der Waals surface area (Å²) in [6, 6.07) is 6.18. The standard InChI is InChI=1S/C18H21F2N3O4S/c1-3-26-14-8-11(4-5-13(14)27-18(19)20)9-23(2)10-15(24)22-17-12(16(21)25)6-7-28-17/h4-8,18H,3,9-10H2,1-2H3,(H2,21,25)(H,22,24). The first-order valence-corrected chi connectivity index (χ1v) is 9.24. The molecular weight excluding hydrogens is 392 g/mol. The smallest absolute Gasteiger partial charge is 0.387 e. The summed E-state index contributed by atoms with van der Waals surface area (Å²) >= 11 is 1.21. The zero-order chi connectivity index (χ0) is 20.7. The average Bonchev–Trinajstić information content (AvgIpc) is 3.05. The first-order chi connectivity index (χ1) is 13.3. The van der Waals surface area contributed by atoms with Crippen LogP contribution in [0, 0.1) is 0 Å². The molecule has 0 aliphatic carbocycles. The number of anilines is 1. The number of hydrogen-bond acceptors (Lipinski definition) is 6. The highest BCUT2D eigenvalue weighted by molar-refractivity contribution is 7.14. The number of primary amides is 1. The van der Waals surface area contributed by atoms with Gasteiger partial charge in [-0.05, 0) is 43.1 Å². The van der Waals surface area contributed by atoms with Crippen molar-refractivity contribution in [1.82, 2.24) is 4.90 Å². The van der Waals surface area contributed by atoms with E-state index in [1.807, 2.05) is 0 Å². The molecule has 0 saturated carbocycles. The van der Waals surface area contributed by atoms with Gasteiger partial charge in [-0.1, -0.05) is 6.07 Å². The van der Waals surface area contributed by atoms with Gasteiger partial charge in [-0.2, -0.15) is 8.78 Å². The van der Waals surface area contributed by atoms with Gasteiger partial charge in [-0.25, -0.2) is 0 Å². The number of ether oxygens (including phenoxy) is 2. The molecule has 0 bridgehead atoms. The maximum atomic E-state index is 12.5. The van der Waals surface area contributed by atoms with Crippen LogP contribution < -0.4 is 20.5 Å². The third kappa shape index (κ3) is 6.17. The fourth-order valence-corrected chi connectivity index (χ4v) is 3.30. The topological polar surface area (TPSA) is 93.9 Å². The van der Waals surface area contributed by atoms with E-state index in [-0.39, 0.29) is 29.5 Å². The van der Waals surface area contributed by atoms with Gasteiger partial charge in [0.2, 0.25) is 5.91 Å². The Kier molecular flexibility index (Phi) is 7.70. The molecule has 28 heavy (non-hydrogen) atoms. The number of carbonyl (C=O) groups excluding carboxylic acids is 2. The number of likely N-dealkylation sites (N-methyl/N-ethyl adjacent to an activating group) is 1. The molecule has 0 radical (unpaired) electrons.